The highest BCUT2D eigenvalue weighted by molar-refractivity contribution is 7.99. The number of hydrogen-bond acceptors (Lipinski definition) is 1. The molecule has 0 N–H and O–H groups in total. The topological polar surface area (TPSA) is 0 Å². The van der Waals surface area contributed by atoms with E-state index >= 15 is 0 Å². The van der Waals surface area contributed by atoms with Gasteiger partial charge in [-0.05, 0) is 6.42 Å². The number of thiol groups is 1. The van der Waals surface area contributed by atoms with Crippen LogP contribution in [0.15, 0.2) is 0 Å². The molecule has 6 heavy (non-hydrogen) atoms. The second-order valence-corrected chi connectivity index (χ2v) is 2.79. The first kappa shape index (κ1) is 6.70. The van der Waals surface area contributed by atoms with Crippen molar-refractivity contribution in [1.82, 2.24) is 0 Å². The Labute approximate surface area is 50.1 Å². The molecule has 0 aromatic rings. The second kappa shape index (κ2) is 3.88. The van der Waals surface area contributed by atoms with Gasteiger partial charge in [-0.15, -0.1) is 0 Å². The summed E-state index contributed by atoms with van der Waals surface area (Å²) in [6.45, 7) is 2.11. The molecule has 0 aliphatic carbocycles. The Hall–Kier alpha value is 0.700. The third-order valence-electron chi connectivity index (χ3n) is 0.536. The fraction of sp³-hybridized carbons (Fsp3) is 1.00. The van der Waals surface area contributed by atoms with E-state index in [4.69, 9.17) is 12.6 Å². The van der Waals surface area contributed by atoms with Crippen molar-refractivity contribution in [2.75, 3.05) is 0 Å². The standard InChI is InChI=1S/C4H9S2/c1-2-3-4(5)6/h4-5H,2-3H2,1H3. The van der Waals surface area contributed by atoms with E-state index in [0.717, 1.165) is 12.8 Å². The highest BCUT2D eigenvalue weighted by Gasteiger charge is 1.88. The zero-order valence-corrected chi connectivity index (χ0v) is 5.56. The van der Waals surface area contributed by atoms with E-state index in [-0.39, 0.29) is 4.58 Å². The normalized spacial score (nSPS) is 10.0. The first-order valence-electron chi connectivity index (χ1n) is 2.11. The highest BCUT2D eigenvalue weighted by Crippen LogP contribution is 2.06. The summed E-state index contributed by atoms with van der Waals surface area (Å²) in [7, 11) is 0. The van der Waals surface area contributed by atoms with Crippen LogP contribution in [0.3, 0.4) is 0 Å². The van der Waals surface area contributed by atoms with E-state index < -0.39 is 0 Å². The molecule has 0 aliphatic rings. The van der Waals surface area contributed by atoms with Crippen LogP contribution in [0.1, 0.15) is 19.8 Å². The van der Waals surface area contributed by atoms with Gasteiger partial charge in [-0.2, -0.15) is 12.6 Å². The van der Waals surface area contributed by atoms with Crippen molar-refractivity contribution in [1.29, 1.82) is 0 Å². The maximum Gasteiger partial charge on any atom is 0.0576 e. The van der Waals surface area contributed by atoms with Crippen molar-refractivity contribution in [2.45, 2.75) is 24.3 Å². The molecule has 0 spiro atoms. The fourth-order valence-electron chi connectivity index (χ4n) is 0.247. The van der Waals surface area contributed by atoms with Gasteiger partial charge in [0.2, 0.25) is 0 Å². The van der Waals surface area contributed by atoms with Gasteiger partial charge in [0.05, 0.1) is 4.58 Å². The van der Waals surface area contributed by atoms with Crippen LogP contribution in [0.5, 0.6) is 0 Å². The second-order valence-electron chi connectivity index (χ2n) is 1.24. The van der Waals surface area contributed by atoms with Crippen molar-refractivity contribution < 1.29 is 0 Å². The summed E-state index contributed by atoms with van der Waals surface area (Å²) in [5.74, 6) is 0. The van der Waals surface area contributed by atoms with Crippen molar-refractivity contribution in [3.05, 3.63) is 0 Å². The lowest BCUT2D eigenvalue weighted by molar-refractivity contribution is 0.876. The van der Waals surface area contributed by atoms with Crippen molar-refractivity contribution in [3.8, 4) is 0 Å². The monoisotopic (exact) mass is 121 g/mol. The maximum absolute atomic E-state index is 4.74. The van der Waals surface area contributed by atoms with Crippen molar-refractivity contribution in [3.63, 3.8) is 0 Å². The van der Waals surface area contributed by atoms with Gasteiger partial charge in [0.25, 0.3) is 0 Å². The van der Waals surface area contributed by atoms with Crippen LogP contribution in [0.2, 0.25) is 0 Å². The summed E-state index contributed by atoms with van der Waals surface area (Å²) in [4.78, 5) is 0. The molecule has 0 amide bonds. The Kier molecular flexibility index (Phi) is 4.33. The molecule has 1 atom stereocenters. The average Bonchev–Trinajstić information content (AvgIpc) is 1.35. The molecule has 0 aromatic carbocycles. The van der Waals surface area contributed by atoms with Gasteiger partial charge < -0.3 is 0 Å². The molecule has 2 heteroatoms. The molecule has 1 unspecified atom stereocenters. The smallest absolute Gasteiger partial charge is 0.0576 e. The minimum Gasteiger partial charge on any atom is -0.164 e. The van der Waals surface area contributed by atoms with Gasteiger partial charge in [0.1, 0.15) is 0 Å². The van der Waals surface area contributed by atoms with Gasteiger partial charge in [-0.1, -0.05) is 26.0 Å². The van der Waals surface area contributed by atoms with E-state index in [0.29, 0.717) is 0 Å². The molecule has 0 heterocycles. The summed E-state index contributed by atoms with van der Waals surface area (Å²) in [6, 6.07) is 0. The largest absolute Gasteiger partial charge is 0.164 e. The van der Waals surface area contributed by atoms with E-state index in [1.165, 1.54) is 0 Å². The van der Waals surface area contributed by atoms with Crippen LogP contribution in [0.25, 0.3) is 0 Å². The lowest BCUT2D eigenvalue weighted by Crippen LogP contribution is -1.81. The molecule has 0 saturated carbocycles. The third-order valence-corrected chi connectivity index (χ3v) is 1.03. The van der Waals surface area contributed by atoms with E-state index in [2.05, 4.69) is 19.6 Å². The molecule has 0 fully saturated rings. The zero-order valence-electron chi connectivity index (χ0n) is 3.85. The van der Waals surface area contributed by atoms with Gasteiger partial charge in [-0.25, -0.2) is 0 Å². The molecule has 0 aromatic heterocycles. The lowest BCUT2D eigenvalue weighted by atomic mass is 10.4. The minimum atomic E-state index is 0.176. The summed E-state index contributed by atoms with van der Waals surface area (Å²) in [5, 5.41) is 0. The van der Waals surface area contributed by atoms with E-state index in [9.17, 15) is 0 Å². The van der Waals surface area contributed by atoms with Crippen LogP contribution >= 0.6 is 25.3 Å². The van der Waals surface area contributed by atoms with E-state index in [1.54, 1.807) is 0 Å². The molecule has 0 bridgehead atoms. The molecule has 0 aliphatic heterocycles. The van der Waals surface area contributed by atoms with Crippen LogP contribution in [0, 0.1) is 0 Å². The highest BCUT2D eigenvalue weighted by atomic mass is 32.2. The van der Waals surface area contributed by atoms with E-state index in [1.807, 2.05) is 0 Å². The minimum absolute atomic E-state index is 0.176. The van der Waals surface area contributed by atoms with Gasteiger partial charge in [-0.3, -0.25) is 0 Å². The Balaban J connectivity index is 2.63. The molecule has 1 radical (unpaired) electrons. The van der Waals surface area contributed by atoms with Crippen molar-refractivity contribution in [2.24, 2.45) is 0 Å². The Morgan fingerprint density at radius 1 is 1.83 bits per heavy atom. The molecule has 0 saturated heterocycles. The lowest BCUT2D eigenvalue weighted by Gasteiger charge is -1.92. The SMILES string of the molecule is CCCC([S])S. The molecule has 37 valence electrons. The Morgan fingerprint density at radius 3 is 2.33 bits per heavy atom. The molecule has 0 rings (SSSR count). The van der Waals surface area contributed by atoms with Crippen LogP contribution in [0.4, 0.5) is 0 Å². The van der Waals surface area contributed by atoms with Gasteiger partial charge in [0.15, 0.2) is 0 Å². The van der Waals surface area contributed by atoms with Crippen molar-refractivity contribution >= 4 is 25.3 Å². The first-order valence-corrected chi connectivity index (χ1v) is 3.10. The zero-order chi connectivity index (χ0) is 4.99. The predicted molar refractivity (Wildman–Crippen MR) is 35.3 cm³/mol. The van der Waals surface area contributed by atoms with Crippen LogP contribution in [-0.4, -0.2) is 4.58 Å². The maximum atomic E-state index is 4.74. The summed E-state index contributed by atoms with van der Waals surface area (Å²) in [6.07, 6.45) is 2.20. The Morgan fingerprint density at radius 2 is 2.33 bits per heavy atom. The third kappa shape index (κ3) is 4.70. The predicted octanol–water partition coefficient (Wildman–Crippen LogP) is 2.24. The average molecular weight is 121 g/mol. The molecular formula is C4H9S2. The van der Waals surface area contributed by atoms with Crippen LogP contribution < -0.4 is 0 Å². The fourth-order valence-corrected chi connectivity index (χ4v) is 0.741. The summed E-state index contributed by atoms with van der Waals surface area (Å²) < 4.78 is 0.176. The Bertz CT molecular complexity index is 26.7. The van der Waals surface area contributed by atoms with Gasteiger partial charge in [0, 0.05) is 0 Å². The summed E-state index contributed by atoms with van der Waals surface area (Å²) in [5.41, 5.74) is 0. The van der Waals surface area contributed by atoms with Crippen LogP contribution in [-0.2, 0) is 0 Å². The molecule has 0 nitrogen and oxygen atoms in total. The summed E-state index contributed by atoms with van der Waals surface area (Å²) >= 11 is 8.74. The number of hydrogen-bond donors (Lipinski definition) is 1. The van der Waals surface area contributed by atoms with Gasteiger partial charge >= 0.3 is 0 Å². The first-order chi connectivity index (χ1) is 2.77. The molecular weight excluding hydrogens is 112 g/mol. The number of rotatable bonds is 2. The quantitative estimate of drug-likeness (QED) is 0.532.